The molecule has 36 heavy (non-hydrogen) atoms. The number of hydrogen-bond acceptors (Lipinski definition) is 4. The van der Waals surface area contributed by atoms with E-state index in [1.54, 1.807) is 0 Å². The van der Waals surface area contributed by atoms with Gasteiger partial charge in [-0.25, -0.2) is 9.97 Å². The van der Waals surface area contributed by atoms with Crippen molar-refractivity contribution in [1.82, 2.24) is 9.97 Å². The minimum absolute atomic E-state index is 0.133. The van der Waals surface area contributed by atoms with Crippen molar-refractivity contribution in [2.45, 2.75) is 26.7 Å². The molecule has 0 unspecified atom stereocenters. The van der Waals surface area contributed by atoms with Gasteiger partial charge in [-0.05, 0) is 60.9 Å². The van der Waals surface area contributed by atoms with Crippen LogP contribution in [-0.4, -0.2) is 15.9 Å². The number of aromatic nitrogens is 2. The zero-order valence-electron chi connectivity index (χ0n) is 20.5. The quantitative estimate of drug-likeness (QED) is 0.257. The summed E-state index contributed by atoms with van der Waals surface area (Å²) in [5.41, 5.74) is 7.29. The first-order chi connectivity index (χ1) is 17.6. The Hall–Kier alpha value is -4.51. The number of fused-ring (bicyclic) bond motifs is 1. The highest BCUT2D eigenvalue weighted by atomic mass is 16.1. The molecule has 1 amide bonds. The van der Waals surface area contributed by atoms with Gasteiger partial charge >= 0.3 is 0 Å². The van der Waals surface area contributed by atoms with Crippen molar-refractivity contribution >= 4 is 34.1 Å². The Bertz CT molecular complexity index is 1510. The van der Waals surface area contributed by atoms with E-state index >= 15 is 0 Å². The third kappa shape index (κ3) is 5.10. The Labute approximate surface area is 211 Å². The predicted molar refractivity (Wildman–Crippen MR) is 148 cm³/mol. The number of carbonyl (C=O) groups excluding carboxylic acids is 1. The zero-order chi connectivity index (χ0) is 24.9. The zero-order valence-corrected chi connectivity index (χ0v) is 20.5. The molecule has 4 aromatic carbocycles. The molecule has 0 atom stereocenters. The molecule has 0 saturated carbocycles. The lowest BCUT2D eigenvalue weighted by atomic mass is 10.1. The predicted octanol–water partition coefficient (Wildman–Crippen LogP) is 7.55. The van der Waals surface area contributed by atoms with Crippen molar-refractivity contribution in [2.24, 2.45) is 0 Å². The number of hydrogen-bond donors (Lipinski definition) is 2. The summed E-state index contributed by atoms with van der Waals surface area (Å²) in [4.78, 5) is 22.4. The molecule has 0 saturated heterocycles. The lowest BCUT2D eigenvalue weighted by Gasteiger charge is -2.12. The number of benzene rings is 4. The molecule has 0 radical (unpaired) electrons. The van der Waals surface area contributed by atoms with Crippen LogP contribution in [0, 0.1) is 6.92 Å². The van der Waals surface area contributed by atoms with E-state index < -0.39 is 0 Å². The second-order valence-electron chi connectivity index (χ2n) is 8.83. The highest BCUT2D eigenvalue weighted by Crippen LogP contribution is 2.28. The molecular formula is C31H28N4O. The fourth-order valence-corrected chi connectivity index (χ4v) is 4.23. The van der Waals surface area contributed by atoms with Crippen LogP contribution in [0.5, 0.6) is 0 Å². The first-order valence-electron chi connectivity index (χ1n) is 12.2. The van der Waals surface area contributed by atoms with E-state index in [2.05, 4.69) is 35.8 Å². The molecular weight excluding hydrogens is 444 g/mol. The number of nitrogens with one attached hydrogen (secondary N) is 2. The van der Waals surface area contributed by atoms with Crippen LogP contribution >= 0.6 is 0 Å². The number of nitrogens with zero attached hydrogens (tertiary/aromatic N) is 2. The van der Waals surface area contributed by atoms with Gasteiger partial charge in [0.2, 0.25) is 5.95 Å². The van der Waals surface area contributed by atoms with E-state index in [1.165, 1.54) is 5.56 Å². The lowest BCUT2D eigenvalue weighted by Crippen LogP contribution is -2.13. The summed E-state index contributed by atoms with van der Waals surface area (Å²) in [5, 5.41) is 7.35. The number of carbonyl (C=O) groups is 1. The van der Waals surface area contributed by atoms with E-state index in [-0.39, 0.29) is 5.91 Å². The summed E-state index contributed by atoms with van der Waals surface area (Å²) < 4.78 is 0. The van der Waals surface area contributed by atoms with E-state index in [0.717, 1.165) is 51.9 Å². The molecule has 5 aromatic rings. The molecule has 0 bridgehead atoms. The fourth-order valence-electron chi connectivity index (χ4n) is 4.23. The molecule has 0 aliphatic heterocycles. The average molecular weight is 473 g/mol. The maximum Gasteiger partial charge on any atom is 0.255 e. The first-order valence-corrected chi connectivity index (χ1v) is 12.2. The molecule has 1 aromatic heterocycles. The van der Waals surface area contributed by atoms with Crippen LogP contribution in [0.25, 0.3) is 22.2 Å². The summed E-state index contributed by atoms with van der Waals surface area (Å²) in [6.45, 7) is 4.16. The SMILES string of the molecule is CCCc1ccc(C)c(NC(=O)c2ccc(Nc3nc(-c4ccccc4)c4ccccc4n3)cc2)c1. The van der Waals surface area contributed by atoms with Crippen LogP contribution < -0.4 is 10.6 Å². The van der Waals surface area contributed by atoms with Crippen LogP contribution in [0.2, 0.25) is 0 Å². The molecule has 0 fully saturated rings. The summed E-state index contributed by atoms with van der Waals surface area (Å²) >= 11 is 0. The number of anilines is 3. The standard InChI is InChI=1S/C31H28N4O/c1-3-9-22-15-14-21(2)28(20-22)33-30(36)24-16-18-25(19-17-24)32-31-34-27-13-8-7-12-26(27)29(35-31)23-10-5-4-6-11-23/h4-8,10-20H,3,9H2,1-2H3,(H,33,36)(H,32,34,35). The second kappa shape index (κ2) is 10.4. The van der Waals surface area contributed by atoms with Gasteiger partial charge in [-0.1, -0.05) is 74.0 Å². The topological polar surface area (TPSA) is 66.9 Å². The van der Waals surface area contributed by atoms with Gasteiger partial charge in [-0.3, -0.25) is 4.79 Å². The Balaban J connectivity index is 1.36. The van der Waals surface area contributed by atoms with Crippen molar-refractivity contribution < 1.29 is 4.79 Å². The highest BCUT2D eigenvalue weighted by Gasteiger charge is 2.11. The molecule has 178 valence electrons. The number of rotatable bonds is 7. The molecule has 0 aliphatic rings. The minimum Gasteiger partial charge on any atom is -0.324 e. The lowest BCUT2D eigenvalue weighted by molar-refractivity contribution is 0.102. The van der Waals surface area contributed by atoms with Crippen molar-refractivity contribution in [3.05, 3.63) is 114 Å². The third-order valence-electron chi connectivity index (χ3n) is 6.14. The van der Waals surface area contributed by atoms with Crippen molar-refractivity contribution in [3.8, 4) is 11.3 Å². The van der Waals surface area contributed by atoms with Crippen molar-refractivity contribution in [3.63, 3.8) is 0 Å². The van der Waals surface area contributed by atoms with Crippen LogP contribution in [0.3, 0.4) is 0 Å². The van der Waals surface area contributed by atoms with E-state index in [0.29, 0.717) is 11.5 Å². The smallest absolute Gasteiger partial charge is 0.255 e. The molecule has 0 aliphatic carbocycles. The van der Waals surface area contributed by atoms with Crippen LogP contribution in [0.15, 0.2) is 97.1 Å². The minimum atomic E-state index is -0.133. The Morgan fingerprint density at radius 3 is 2.36 bits per heavy atom. The highest BCUT2D eigenvalue weighted by molar-refractivity contribution is 6.05. The molecule has 5 heteroatoms. The molecule has 5 nitrogen and oxygen atoms in total. The summed E-state index contributed by atoms with van der Waals surface area (Å²) in [6, 6.07) is 31.7. The maximum absolute atomic E-state index is 12.9. The Kier molecular flexibility index (Phi) is 6.72. The number of amides is 1. The van der Waals surface area contributed by atoms with Crippen LogP contribution in [0.4, 0.5) is 17.3 Å². The second-order valence-corrected chi connectivity index (χ2v) is 8.83. The van der Waals surface area contributed by atoms with Gasteiger partial charge < -0.3 is 10.6 Å². The van der Waals surface area contributed by atoms with Gasteiger partial charge in [0.1, 0.15) is 0 Å². The number of para-hydroxylation sites is 1. The summed E-state index contributed by atoms with van der Waals surface area (Å²) in [6.07, 6.45) is 2.06. The monoisotopic (exact) mass is 472 g/mol. The largest absolute Gasteiger partial charge is 0.324 e. The van der Waals surface area contributed by atoms with Gasteiger partial charge in [0, 0.05) is 27.9 Å². The normalized spacial score (nSPS) is 10.8. The fraction of sp³-hybridized carbons (Fsp3) is 0.129. The van der Waals surface area contributed by atoms with Gasteiger partial charge in [-0.2, -0.15) is 0 Å². The molecule has 1 heterocycles. The average Bonchev–Trinajstić information content (AvgIpc) is 2.91. The van der Waals surface area contributed by atoms with Gasteiger partial charge in [0.05, 0.1) is 11.2 Å². The van der Waals surface area contributed by atoms with Crippen LogP contribution in [-0.2, 0) is 6.42 Å². The van der Waals surface area contributed by atoms with E-state index in [4.69, 9.17) is 9.97 Å². The molecule has 5 rings (SSSR count). The number of aryl methyl sites for hydroxylation is 2. The first kappa shape index (κ1) is 23.2. The Morgan fingerprint density at radius 2 is 1.58 bits per heavy atom. The molecule has 0 spiro atoms. The maximum atomic E-state index is 12.9. The van der Waals surface area contributed by atoms with E-state index in [1.807, 2.05) is 85.8 Å². The third-order valence-corrected chi connectivity index (χ3v) is 6.14. The van der Waals surface area contributed by atoms with E-state index in [9.17, 15) is 4.79 Å². The van der Waals surface area contributed by atoms with Gasteiger partial charge in [-0.15, -0.1) is 0 Å². The van der Waals surface area contributed by atoms with Crippen molar-refractivity contribution in [1.29, 1.82) is 0 Å². The summed E-state index contributed by atoms with van der Waals surface area (Å²) in [5.74, 6) is 0.375. The molecule has 2 N–H and O–H groups in total. The van der Waals surface area contributed by atoms with Crippen molar-refractivity contribution in [2.75, 3.05) is 10.6 Å². The van der Waals surface area contributed by atoms with Crippen LogP contribution in [0.1, 0.15) is 34.8 Å². The van der Waals surface area contributed by atoms with Gasteiger partial charge in [0.15, 0.2) is 0 Å². The van der Waals surface area contributed by atoms with Gasteiger partial charge in [0.25, 0.3) is 5.91 Å². The summed E-state index contributed by atoms with van der Waals surface area (Å²) in [7, 11) is 0. The Morgan fingerprint density at radius 1 is 0.833 bits per heavy atom.